The fraction of sp³-hybridized carbons (Fsp3) is 0.188. The summed E-state index contributed by atoms with van der Waals surface area (Å²) in [6, 6.07) is 12.0. The van der Waals surface area contributed by atoms with Crippen LogP contribution in [0.3, 0.4) is 0 Å². The van der Waals surface area contributed by atoms with Gasteiger partial charge in [-0.2, -0.15) is 0 Å². The highest BCUT2D eigenvalue weighted by molar-refractivity contribution is 7.10. The highest BCUT2D eigenvalue weighted by Crippen LogP contribution is 2.19. The highest BCUT2D eigenvalue weighted by Gasteiger charge is 2.06. The van der Waals surface area contributed by atoms with Crippen molar-refractivity contribution in [3.05, 3.63) is 57.8 Å². The van der Waals surface area contributed by atoms with Gasteiger partial charge in [0.15, 0.2) is 0 Å². The van der Waals surface area contributed by atoms with Crippen molar-refractivity contribution in [1.82, 2.24) is 0 Å². The maximum Gasteiger partial charge on any atom is 0.118 e. The Hall–Kier alpha value is -2.07. The van der Waals surface area contributed by atoms with E-state index in [1.54, 1.807) is 18.4 Å². The van der Waals surface area contributed by atoms with Gasteiger partial charge in [-0.05, 0) is 54.1 Å². The molecule has 1 aromatic heterocycles. The fourth-order valence-electron chi connectivity index (χ4n) is 1.86. The van der Waals surface area contributed by atoms with Gasteiger partial charge < -0.3 is 9.94 Å². The topological polar surface area (TPSA) is 41.8 Å². The van der Waals surface area contributed by atoms with Crippen molar-refractivity contribution in [2.45, 2.75) is 13.3 Å². The lowest BCUT2D eigenvalue weighted by Gasteiger charge is -2.07. The lowest BCUT2D eigenvalue weighted by molar-refractivity contribution is 0.319. The van der Waals surface area contributed by atoms with Crippen LogP contribution in [-0.2, 0) is 6.42 Å². The molecule has 1 aromatic carbocycles. The van der Waals surface area contributed by atoms with Crippen LogP contribution in [0.25, 0.3) is 6.08 Å². The average molecular weight is 287 g/mol. The Morgan fingerprint density at radius 1 is 1.30 bits per heavy atom. The van der Waals surface area contributed by atoms with Crippen LogP contribution >= 0.6 is 11.3 Å². The van der Waals surface area contributed by atoms with Crippen molar-refractivity contribution in [3.63, 3.8) is 0 Å². The summed E-state index contributed by atoms with van der Waals surface area (Å²) in [7, 11) is 1.65. The molecular formula is C16H17NO2S. The van der Waals surface area contributed by atoms with Crippen LogP contribution in [0.1, 0.15) is 17.4 Å². The van der Waals surface area contributed by atoms with Gasteiger partial charge >= 0.3 is 0 Å². The largest absolute Gasteiger partial charge is 0.497 e. The average Bonchev–Trinajstić information content (AvgIpc) is 2.99. The first-order chi connectivity index (χ1) is 9.72. The third kappa shape index (κ3) is 3.71. The molecule has 0 aliphatic heterocycles. The Labute approximate surface area is 122 Å². The van der Waals surface area contributed by atoms with E-state index in [4.69, 9.17) is 9.94 Å². The minimum atomic E-state index is 0.634. The molecule has 0 unspecified atom stereocenters. The van der Waals surface area contributed by atoms with Crippen LogP contribution in [0.4, 0.5) is 0 Å². The molecule has 4 heteroatoms. The van der Waals surface area contributed by atoms with E-state index in [9.17, 15) is 0 Å². The van der Waals surface area contributed by atoms with E-state index in [1.165, 1.54) is 0 Å². The quantitative estimate of drug-likeness (QED) is 0.508. The minimum absolute atomic E-state index is 0.634. The summed E-state index contributed by atoms with van der Waals surface area (Å²) in [6.07, 6.45) is 2.78. The summed E-state index contributed by atoms with van der Waals surface area (Å²) >= 11 is 1.66. The Balaban J connectivity index is 2.24. The van der Waals surface area contributed by atoms with Gasteiger partial charge in [0.05, 0.1) is 12.8 Å². The van der Waals surface area contributed by atoms with Crippen molar-refractivity contribution in [1.29, 1.82) is 0 Å². The third-order valence-corrected chi connectivity index (χ3v) is 3.85. The molecule has 0 saturated carbocycles. The first kappa shape index (κ1) is 14.3. The number of nitrogens with zero attached hydrogens (tertiary/aromatic N) is 1. The van der Waals surface area contributed by atoms with Crippen molar-refractivity contribution in [3.8, 4) is 5.75 Å². The van der Waals surface area contributed by atoms with Crippen molar-refractivity contribution in [2.24, 2.45) is 5.16 Å². The Morgan fingerprint density at radius 3 is 2.60 bits per heavy atom. The van der Waals surface area contributed by atoms with Gasteiger partial charge in [-0.1, -0.05) is 23.4 Å². The first-order valence-corrected chi connectivity index (χ1v) is 7.17. The summed E-state index contributed by atoms with van der Waals surface area (Å²) in [5.74, 6) is 0.838. The Kier molecular flexibility index (Phi) is 4.96. The van der Waals surface area contributed by atoms with Crippen LogP contribution in [0.15, 0.2) is 52.5 Å². The number of ether oxygens (including phenoxy) is 1. The highest BCUT2D eigenvalue weighted by atomic mass is 32.1. The molecule has 2 rings (SSSR count). The summed E-state index contributed by atoms with van der Waals surface area (Å²) in [6.45, 7) is 1.81. The smallest absolute Gasteiger partial charge is 0.118 e. The number of oxime groups is 1. The molecule has 0 fully saturated rings. The second kappa shape index (κ2) is 6.91. The summed E-state index contributed by atoms with van der Waals surface area (Å²) in [5.41, 5.74) is 2.78. The SMILES string of the molecule is COc1ccc(CC(=C\c2cccs2)/C(C)=N/O)cc1. The second-order valence-electron chi connectivity index (χ2n) is 4.40. The van der Waals surface area contributed by atoms with Crippen molar-refractivity contribution in [2.75, 3.05) is 7.11 Å². The number of rotatable bonds is 5. The van der Waals surface area contributed by atoms with E-state index in [0.717, 1.165) is 28.2 Å². The van der Waals surface area contributed by atoms with Crippen molar-refractivity contribution >= 4 is 23.1 Å². The number of hydrogen-bond acceptors (Lipinski definition) is 4. The molecule has 0 spiro atoms. The Morgan fingerprint density at radius 2 is 2.05 bits per heavy atom. The predicted molar refractivity (Wildman–Crippen MR) is 83.9 cm³/mol. The van der Waals surface area contributed by atoms with Crippen LogP contribution in [0, 0.1) is 0 Å². The van der Waals surface area contributed by atoms with Gasteiger partial charge in [0.2, 0.25) is 0 Å². The van der Waals surface area contributed by atoms with Crippen LogP contribution in [0.2, 0.25) is 0 Å². The number of allylic oxidation sites excluding steroid dienone is 1. The zero-order valence-corrected chi connectivity index (χ0v) is 12.4. The lowest BCUT2D eigenvalue weighted by atomic mass is 10.0. The molecule has 1 N–H and O–H groups in total. The van der Waals surface area contributed by atoms with E-state index in [-0.39, 0.29) is 0 Å². The molecule has 0 radical (unpaired) electrons. The van der Waals surface area contributed by atoms with Crippen LogP contribution < -0.4 is 4.74 Å². The first-order valence-electron chi connectivity index (χ1n) is 6.29. The van der Waals surface area contributed by atoms with E-state index in [0.29, 0.717) is 5.71 Å². The molecule has 0 atom stereocenters. The molecule has 0 aliphatic rings. The molecule has 1 heterocycles. The normalized spacial score (nSPS) is 12.5. The third-order valence-electron chi connectivity index (χ3n) is 3.03. The molecule has 3 nitrogen and oxygen atoms in total. The fourth-order valence-corrected chi connectivity index (χ4v) is 2.54. The molecule has 20 heavy (non-hydrogen) atoms. The number of hydrogen-bond donors (Lipinski definition) is 1. The van der Waals surface area contributed by atoms with Gasteiger partial charge in [-0.3, -0.25) is 0 Å². The van der Waals surface area contributed by atoms with Gasteiger partial charge in [-0.25, -0.2) is 0 Å². The van der Waals surface area contributed by atoms with Gasteiger partial charge in [0.25, 0.3) is 0 Å². The molecular weight excluding hydrogens is 270 g/mol. The van der Waals surface area contributed by atoms with Gasteiger partial charge in [-0.15, -0.1) is 11.3 Å². The zero-order chi connectivity index (χ0) is 14.4. The standard InChI is InChI=1S/C16H17NO2S/c1-12(17-18)14(11-16-4-3-9-20-16)10-13-5-7-15(19-2)8-6-13/h3-9,11,18H,10H2,1-2H3/b14-11+,17-12+. The number of benzene rings is 1. The minimum Gasteiger partial charge on any atom is -0.497 e. The molecule has 0 aliphatic carbocycles. The maximum absolute atomic E-state index is 9.02. The predicted octanol–water partition coefficient (Wildman–Crippen LogP) is 4.23. The number of thiophene rings is 1. The summed E-state index contributed by atoms with van der Waals surface area (Å²) in [4.78, 5) is 1.15. The van der Waals surface area contributed by atoms with Crippen molar-refractivity contribution < 1.29 is 9.94 Å². The molecule has 0 saturated heterocycles. The van der Waals surface area contributed by atoms with Crippen LogP contribution in [-0.4, -0.2) is 18.0 Å². The van der Waals surface area contributed by atoms with E-state index in [2.05, 4.69) is 11.2 Å². The zero-order valence-electron chi connectivity index (χ0n) is 11.5. The lowest BCUT2D eigenvalue weighted by Crippen LogP contribution is -2.01. The van der Waals surface area contributed by atoms with Crippen LogP contribution in [0.5, 0.6) is 5.75 Å². The molecule has 104 valence electrons. The van der Waals surface area contributed by atoms with E-state index in [1.807, 2.05) is 48.7 Å². The molecule has 0 amide bonds. The monoisotopic (exact) mass is 287 g/mol. The van der Waals surface area contributed by atoms with Gasteiger partial charge in [0, 0.05) is 4.88 Å². The van der Waals surface area contributed by atoms with Gasteiger partial charge in [0.1, 0.15) is 5.75 Å². The number of methoxy groups -OCH3 is 1. The molecule has 2 aromatic rings. The van der Waals surface area contributed by atoms with E-state index < -0.39 is 0 Å². The summed E-state index contributed by atoms with van der Waals surface area (Å²) < 4.78 is 5.15. The van der Waals surface area contributed by atoms with E-state index >= 15 is 0 Å². The molecule has 0 bridgehead atoms. The Bertz CT molecular complexity index is 598. The second-order valence-corrected chi connectivity index (χ2v) is 5.37. The maximum atomic E-state index is 9.02. The summed E-state index contributed by atoms with van der Waals surface area (Å²) in [5, 5.41) is 14.4.